The Morgan fingerprint density at radius 1 is 1.07 bits per heavy atom. The maximum Gasteiger partial charge on any atom is 0.0546 e. The maximum absolute atomic E-state index is 4.37. The maximum atomic E-state index is 4.37. The molecule has 82 valence electrons. The third-order valence-electron chi connectivity index (χ3n) is 2.05. The molecule has 0 bridgehead atoms. The van der Waals surface area contributed by atoms with Gasteiger partial charge in [-0.15, -0.1) is 0 Å². The standard InChI is InChI=1S/C11H20N2.CH4/c1-10(2,3)9-7-8-12-13(9)11(4,5)6;/h7-8H,1-6H3;1H4. The van der Waals surface area contributed by atoms with E-state index in [2.05, 4.69) is 57.4 Å². The van der Waals surface area contributed by atoms with E-state index in [1.807, 2.05) is 6.20 Å². The fraction of sp³-hybridized carbons (Fsp3) is 0.750. The minimum atomic E-state index is 0. The molecule has 0 spiro atoms. The van der Waals surface area contributed by atoms with Crippen molar-refractivity contribution in [2.75, 3.05) is 0 Å². The van der Waals surface area contributed by atoms with Crippen molar-refractivity contribution in [1.82, 2.24) is 9.78 Å². The van der Waals surface area contributed by atoms with Crippen LogP contribution in [0.15, 0.2) is 12.3 Å². The van der Waals surface area contributed by atoms with Crippen LogP contribution in [-0.2, 0) is 11.0 Å². The molecule has 0 unspecified atom stereocenters. The van der Waals surface area contributed by atoms with Crippen molar-refractivity contribution in [2.24, 2.45) is 0 Å². The fourth-order valence-electron chi connectivity index (χ4n) is 1.41. The number of rotatable bonds is 0. The molecule has 14 heavy (non-hydrogen) atoms. The zero-order valence-corrected chi connectivity index (χ0v) is 9.55. The predicted octanol–water partition coefficient (Wildman–Crippen LogP) is 3.57. The Labute approximate surface area is 88.3 Å². The Hall–Kier alpha value is -0.790. The van der Waals surface area contributed by atoms with Gasteiger partial charge in [0.2, 0.25) is 0 Å². The van der Waals surface area contributed by atoms with Gasteiger partial charge >= 0.3 is 0 Å². The van der Waals surface area contributed by atoms with Crippen LogP contribution >= 0.6 is 0 Å². The summed E-state index contributed by atoms with van der Waals surface area (Å²) >= 11 is 0. The summed E-state index contributed by atoms with van der Waals surface area (Å²) in [6, 6.07) is 2.10. The summed E-state index contributed by atoms with van der Waals surface area (Å²) in [7, 11) is 0. The summed E-state index contributed by atoms with van der Waals surface area (Å²) in [6.45, 7) is 13.2. The normalized spacial score (nSPS) is 12.4. The average Bonchev–Trinajstić information content (AvgIpc) is 2.27. The van der Waals surface area contributed by atoms with Crippen LogP contribution in [0.3, 0.4) is 0 Å². The molecular formula is C12H24N2. The monoisotopic (exact) mass is 196 g/mol. The minimum Gasteiger partial charge on any atom is -0.264 e. The highest BCUT2D eigenvalue weighted by Gasteiger charge is 2.24. The first-order chi connectivity index (χ1) is 5.73. The molecule has 0 N–H and O–H groups in total. The molecule has 1 rings (SSSR count). The molecular weight excluding hydrogens is 172 g/mol. The Morgan fingerprint density at radius 2 is 1.57 bits per heavy atom. The van der Waals surface area contributed by atoms with Gasteiger partial charge in [0.25, 0.3) is 0 Å². The first kappa shape index (κ1) is 13.2. The zero-order chi connectivity index (χ0) is 10.3. The predicted molar refractivity (Wildman–Crippen MR) is 62.7 cm³/mol. The number of hydrogen-bond donors (Lipinski definition) is 0. The summed E-state index contributed by atoms with van der Waals surface area (Å²) in [5.41, 5.74) is 1.54. The number of aromatic nitrogens is 2. The van der Waals surface area contributed by atoms with Crippen LogP contribution in [0, 0.1) is 0 Å². The van der Waals surface area contributed by atoms with Gasteiger partial charge in [-0.3, -0.25) is 4.68 Å². The Morgan fingerprint density at radius 3 is 1.86 bits per heavy atom. The van der Waals surface area contributed by atoms with Gasteiger partial charge in [0.05, 0.1) is 5.54 Å². The molecule has 0 amide bonds. The van der Waals surface area contributed by atoms with E-state index in [1.165, 1.54) is 5.69 Å². The Kier molecular flexibility index (Phi) is 3.54. The second kappa shape index (κ2) is 3.76. The van der Waals surface area contributed by atoms with E-state index in [-0.39, 0.29) is 18.4 Å². The van der Waals surface area contributed by atoms with Gasteiger partial charge in [0.1, 0.15) is 0 Å². The van der Waals surface area contributed by atoms with Crippen LogP contribution in [0.2, 0.25) is 0 Å². The highest BCUT2D eigenvalue weighted by atomic mass is 15.3. The van der Waals surface area contributed by atoms with E-state index in [1.54, 1.807) is 0 Å². The van der Waals surface area contributed by atoms with Crippen molar-refractivity contribution < 1.29 is 0 Å². The molecule has 0 saturated heterocycles. The van der Waals surface area contributed by atoms with E-state index in [9.17, 15) is 0 Å². The van der Waals surface area contributed by atoms with E-state index in [0.717, 1.165) is 0 Å². The molecule has 0 aromatic carbocycles. The van der Waals surface area contributed by atoms with Gasteiger partial charge < -0.3 is 0 Å². The minimum absolute atomic E-state index is 0. The van der Waals surface area contributed by atoms with Crippen LogP contribution in [0.4, 0.5) is 0 Å². The molecule has 0 aliphatic heterocycles. The van der Waals surface area contributed by atoms with Gasteiger partial charge in [0, 0.05) is 17.3 Å². The average molecular weight is 196 g/mol. The van der Waals surface area contributed by atoms with E-state index in [4.69, 9.17) is 0 Å². The largest absolute Gasteiger partial charge is 0.264 e. The third kappa shape index (κ3) is 2.60. The van der Waals surface area contributed by atoms with Crippen LogP contribution < -0.4 is 0 Å². The van der Waals surface area contributed by atoms with E-state index in [0.29, 0.717) is 0 Å². The quantitative estimate of drug-likeness (QED) is 0.620. The lowest BCUT2D eigenvalue weighted by molar-refractivity contribution is 0.322. The highest BCUT2D eigenvalue weighted by molar-refractivity contribution is 5.13. The molecule has 0 aliphatic rings. The van der Waals surface area contributed by atoms with Gasteiger partial charge in [0.15, 0.2) is 0 Å². The Bertz CT molecular complexity index is 256. The Balaban J connectivity index is 0.00000169. The van der Waals surface area contributed by atoms with Gasteiger partial charge in [-0.05, 0) is 26.8 Å². The van der Waals surface area contributed by atoms with Crippen molar-refractivity contribution >= 4 is 0 Å². The van der Waals surface area contributed by atoms with E-state index < -0.39 is 0 Å². The van der Waals surface area contributed by atoms with Crippen molar-refractivity contribution in [3.05, 3.63) is 18.0 Å². The first-order valence-electron chi connectivity index (χ1n) is 4.78. The lowest BCUT2D eigenvalue weighted by Gasteiger charge is -2.28. The van der Waals surface area contributed by atoms with Crippen molar-refractivity contribution in [2.45, 2.75) is 59.9 Å². The van der Waals surface area contributed by atoms with Crippen LogP contribution in [0.25, 0.3) is 0 Å². The topological polar surface area (TPSA) is 17.8 Å². The number of nitrogens with zero attached hydrogens (tertiary/aromatic N) is 2. The van der Waals surface area contributed by atoms with Crippen LogP contribution in [0.5, 0.6) is 0 Å². The summed E-state index contributed by atoms with van der Waals surface area (Å²) in [6.07, 6.45) is 1.88. The van der Waals surface area contributed by atoms with Gasteiger partial charge in [-0.25, -0.2) is 0 Å². The third-order valence-corrected chi connectivity index (χ3v) is 2.05. The van der Waals surface area contributed by atoms with Crippen LogP contribution in [-0.4, -0.2) is 9.78 Å². The smallest absolute Gasteiger partial charge is 0.0546 e. The second-order valence-corrected chi connectivity index (χ2v) is 5.55. The van der Waals surface area contributed by atoms with Gasteiger partial charge in [-0.1, -0.05) is 28.2 Å². The summed E-state index contributed by atoms with van der Waals surface area (Å²) in [5.74, 6) is 0. The molecule has 1 aromatic heterocycles. The highest BCUT2D eigenvalue weighted by Crippen LogP contribution is 2.26. The number of hydrogen-bond acceptors (Lipinski definition) is 1. The molecule has 2 nitrogen and oxygen atoms in total. The molecule has 0 aliphatic carbocycles. The lowest BCUT2D eigenvalue weighted by atomic mass is 9.91. The second-order valence-electron chi connectivity index (χ2n) is 5.55. The molecule has 1 heterocycles. The molecule has 1 aromatic rings. The molecule has 0 fully saturated rings. The van der Waals surface area contributed by atoms with Crippen LogP contribution in [0.1, 0.15) is 54.7 Å². The van der Waals surface area contributed by atoms with Gasteiger partial charge in [-0.2, -0.15) is 5.10 Å². The summed E-state index contributed by atoms with van der Waals surface area (Å²) in [5, 5.41) is 4.37. The molecule has 0 saturated carbocycles. The van der Waals surface area contributed by atoms with Crippen molar-refractivity contribution in [3.63, 3.8) is 0 Å². The van der Waals surface area contributed by atoms with E-state index >= 15 is 0 Å². The fourth-order valence-corrected chi connectivity index (χ4v) is 1.41. The van der Waals surface area contributed by atoms with Crippen molar-refractivity contribution in [1.29, 1.82) is 0 Å². The molecule has 0 atom stereocenters. The zero-order valence-electron chi connectivity index (χ0n) is 9.55. The molecule has 2 heteroatoms. The summed E-state index contributed by atoms with van der Waals surface area (Å²) in [4.78, 5) is 0. The SMILES string of the molecule is C.CC(C)(C)c1ccnn1C(C)(C)C. The van der Waals surface area contributed by atoms with Crippen molar-refractivity contribution in [3.8, 4) is 0 Å². The lowest BCUT2D eigenvalue weighted by Crippen LogP contribution is -2.29. The molecule has 0 radical (unpaired) electrons. The first-order valence-corrected chi connectivity index (χ1v) is 4.78. The summed E-state index contributed by atoms with van der Waals surface area (Å²) < 4.78 is 2.10.